The van der Waals surface area contributed by atoms with E-state index in [-0.39, 0.29) is 11.9 Å². The smallest absolute Gasteiger partial charge is 0.123 e. The molecule has 1 aromatic rings. The van der Waals surface area contributed by atoms with Gasteiger partial charge >= 0.3 is 0 Å². The molecule has 0 heterocycles. The van der Waals surface area contributed by atoms with Crippen molar-refractivity contribution >= 4 is 0 Å². The third-order valence-corrected chi connectivity index (χ3v) is 3.08. The molecule has 0 amide bonds. The first-order valence-corrected chi connectivity index (χ1v) is 6.76. The maximum absolute atomic E-state index is 13.1. The molecule has 0 aliphatic heterocycles. The van der Waals surface area contributed by atoms with Crippen LogP contribution in [0.25, 0.3) is 0 Å². The molecule has 1 atom stereocenters. The molecule has 0 radical (unpaired) electrons. The molecule has 2 heteroatoms. The van der Waals surface area contributed by atoms with Crippen molar-refractivity contribution in [2.24, 2.45) is 0 Å². The van der Waals surface area contributed by atoms with Gasteiger partial charge in [0.25, 0.3) is 0 Å². The first-order chi connectivity index (χ1) is 8.27. The topological polar surface area (TPSA) is 12.0 Å². The van der Waals surface area contributed by atoms with Crippen LogP contribution in [-0.4, -0.2) is 6.54 Å². The Morgan fingerprint density at radius 2 is 2.00 bits per heavy atom. The van der Waals surface area contributed by atoms with Gasteiger partial charge < -0.3 is 5.32 Å². The highest BCUT2D eigenvalue weighted by Gasteiger charge is 2.08. The van der Waals surface area contributed by atoms with Crippen molar-refractivity contribution in [2.45, 2.75) is 52.0 Å². The van der Waals surface area contributed by atoms with E-state index in [1.807, 2.05) is 6.07 Å². The van der Waals surface area contributed by atoms with Crippen LogP contribution in [0.1, 0.15) is 57.6 Å². The number of hydrogen-bond donors (Lipinski definition) is 1. The van der Waals surface area contributed by atoms with Gasteiger partial charge in [0.05, 0.1) is 0 Å². The molecule has 0 saturated heterocycles. The third kappa shape index (κ3) is 5.31. The van der Waals surface area contributed by atoms with Crippen LogP contribution in [0, 0.1) is 5.82 Å². The van der Waals surface area contributed by atoms with Gasteiger partial charge in [-0.15, -0.1) is 0 Å². The van der Waals surface area contributed by atoms with Gasteiger partial charge in [0.2, 0.25) is 0 Å². The summed E-state index contributed by atoms with van der Waals surface area (Å²) >= 11 is 0. The van der Waals surface area contributed by atoms with Crippen LogP contribution >= 0.6 is 0 Å². The van der Waals surface area contributed by atoms with Crippen LogP contribution in [0.2, 0.25) is 0 Å². The predicted molar refractivity (Wildman–Crippen MR) is 71.6 cm³/mol. The molecule has 1 N–H and O–H groups in total. The van der Waals surface area contributed by atoms with Crippen LogP contribution < -0.4 is 5.32 Å². The Kier molecular flexibility index (Phi) is 6.87. The van der Waals surface area contributed by atoms with Crippen LogP contribution in [0.3, 0.4) is 0 Å². The first-order valence-electron chi connectivity index (χ1n) is 6.76. The summed E-state index contributed by atoms with van der Waals surface area (Å²) in [6.07, 6.45) is 6.06. The molecule has 17 heavy (non-hydrogen) atoms. The molecule has 0 aliphatic carbocycles. The van der Waals surface area contributed by atoms with Gasteiger partial charge in [-0.3, -0.25) is 0 Å². The fourth-order valence-electron chi connectivity index (χ4n) is 2.05. The lowest BCUT2D eigenvalue weighted by Gasteiger charge is -2.17. The average Bonchev–Trinajstić information content (AvgIpc) is 2.34. The van der Waals surface area contributed by atoms with Crippen LogP contribution in [-0.2, 0) is 0 Å². The summed E-state index contributed by atoms with van der Waals surface area (Å²) in [6, 6.07) is 7.19. The maximum Gasteiger partial charge on any atom is 0.123 e. The zero-order chi connectivity index (χ0) is 12.5. The molecule has 1 aromatic carbocycles. The van der Waals surface area contributed by atoms with Gasteiger partial charge in [0.1, 0.15) is 5.82 Å². The molecule has 1 nitrogen and oxygen atoms in total. The molecule has 1 unspecified atom stereocenters. The van der Waals surface area contributed by atoms with E-state index in [1.165, 1.54) is 31.7 Å². The SMILES string of the molecule is CCCCCCNC(CC)c1cccc(F)c1. The van der Waals surface area contributed by atoms with E-state index < -0.39 is 0 Å². The van der Waals surface area contributed by atoms with Crippen molar-refractivity contribution < 1.29 is 4.39 Å². The Hall–Kier alpha value is -0.890. The van der Waals surface area contributed by atoms with Gasteiger partial charge in [-0.05, 0) is 37.1 Å². The number of unbranched alkanes of at least 4 members (excludes halogenated alkanes) is 3. The highest BCUT2D eigenvalue weighted by atomic mass is 19.1. The quantitative estimate of drug-likeness (QED) is 0.659. The number of hydrogen-bond acceptors (Lipinski definition) is 1. The van der Waals surface area contributed by atoms with Crippen molar-refractivity contribution in [3.05, 3.63) is 35.6 Å². The zero-order valence-corrected chi connectivity index (χ0v) is 11.0. The minimum absolute atomic E-state index is 0.145. The molecule has 0 bridgehead atoms. The van der Waals surface area contributed by atoms with Crippen molar-refractivity contribution in [1.29, 1.82) is 0 Å². The van der Waals surface area contributed by atoms with Crippen molar-refractivity contribution in [2.75, 3.05) is 6.54 Å². The first kappa shape index (κ1) is 14.2. The second-order valence-electron chi connectivity index (χ2n) is 4.53. The summed E-state index contributed by atoms with van der Waals surface area (Å²) in [7, 11) is 0. The number of benzene rings is 1. The Labute approximate surface area is 104 Å². The van der Waals surface area contributed by atoms with E-state index in [0.717, 1.165) is 18.5 Å². The molecule has 0 fully saturated rings. The molecular weight excluding hydrogens is 213 g/mol. The third-order valence-electron chi connectivity index (χ3n) is 3.08. The zero-order valence-electron chi connectivity index (χ0n) is 11.0. The average molecular weight is 237 g/mol. The van der Waals surface area contributed by atoms with Crippen molar-refractivity contribution in [3.63, 3.8) is 0 Å². The molecular formula is C15H24FN. The number of nitrogens with one attached hydrogen (secondary N) is 1. The van der Waals surface area contributed by atoms with Crippen molar-refractivity contribution in [1.82, 2.24) is 5.32 Å². The molecule has 0 saturated carbocycles. The largest absolute Gasteiger partial charge is 0.310 e. The molecule has 0 spiro atoms. The summed E-state index contributed by atoms with van der Waals surface area (Å²) in [6.45, 7) is 5.37. The van der Waals surface area contributed by atoms with Crippen molar-refractivity contribution in [3.8, 4) is 0 Å². The van der Waals surface area contributed by atoms with E-state index in [4.69, 9.17) is 0 Å². The Morgan fingerprint density at radius 1 is 1.18 bits per heavy atom. The number of halogens is 1. The summed E-state index contributed by atoms with van der Waals surface area (Å²) in [4.78, 5) is 0. The second kappa shape index (κ2) is 8.24. The highest BCUT2D eigenvalue weighted by Crippen LogP contribution is 2.17. The lowest BCUT2D eigenvalue weighted by Crippen LogP contribution is -2.22. The highest BCUT2D eigenvalue weighted by molar-refractivity contribution is 5.19. The van der Waals surface area contributed by atoms with Crippen LogP contribution in [0.15, 0.2) is 24.3 Å². The van der Waals surface area contributed by atoms with E-state index in [1.54, 1.807) is 12.1 Å². The fraction of sp³-hybridized carbons (Fsp3) is 0.600. The van der Waals surface area contributed by atoms with E-state index in [0.29, 0.717) is 0 Å². The lowest BCUT2D eigenvalue weighted by molar-refractivity contribution is 0.494. The molecule has 1 rings (SSSR count). The minimum Gasteiger partial charge on any atom is -0.310 e. The van der Waals surface area contributed by atoms with Crippen LogP contribution in [0.5, 0.6) is 0 Å². The molecule has 0 aliphatic rings. The van der Waals surface area contributed by atoms with Gasteiger partial charge in [-0.1, -0.05) is 45.2 Å². The van der Waals surface area contributed by atoms with Gasteiger partial charge in [-0.2, -0.15) is 0 Å². The molecule has 96 valence electrons. The fourth-order valence-corrected chi connectivity index (χ4v) is 2.05. The maximum atomic E-state index is 13.1. The van der Waals surface area contributed by atoms with E-state index in [9.17, 15) is 4.39 Å². The Balaban J connectivity index is 2.38. The number of rotatable bonds is 8. The van der Waals surface area contributed by atoms with E-state index in [2.05, 4.69) is 19.2 Å². The standard InChI is InChI=1S/C15H24FN/c1-3-5-6-7-11-17-15(4-2)13-9-8-10-14(16)12-13/h8-10,12,15,17H,3-7,11H2,1-2H3. The van der Waals surface area contributed by atoms with Gasteiger partial charge in [0, 0.05) is 6.04 Å². The van der Waals surface area contributed by atoms with E-state index >= 15 is 0 Å². The summed E-state index contributed by atoms with van der Waals surface area (Å²) in [5.41, 5.74) is 1.06. The summed E-state index contributed by atoms with van der Waals surface area (Å²) in [5.74, 6) is -0.145. The minimum atomic E-state index is -0.145. The summed E-state index contributed by atoms with van der Waals surface area (Å²) < 4.78 is 13.1. The molecule has 0 aromatic heterocycles. The Bertz CT molecular complexity index is 312. The Morgan fingerprint density at radius 3 is 2.65 bits per heavy atom. The predicted octanol–water partition coefficient (Wildman–Crippen LogP) is 4.45. The lowest BCUT2D eigenvalue weighted by atomic mass is 10.0. The normalized spacial score (nSPS) is 12.6. The van der Waals surface area contributed by atoms with Crippen LogP contribution in [0.4, 0.5) is 4.39 Å². The van der Waals surface area contributed by atoms with Gasteiger partial charge in [-0.25, -0.2) is 4.39 Å². The van der Waals surface area contributed by atoms with Gasteiger partial charge in [0.15, 0.2) is 0 Å². The second-order valence-corrected chi connectivity index (χ2v) is 4.53. The monoisotopic (exact) mass is 237 g/mol. The summed E-state index contributed by atoms with van der Waals surface area (Å²) in [5, 5.41) is 3.51.